The van der Waals surface area contributed by atoms with Gasteiger partial charge in [-0.1, -0.05) is 110 Å². The molecule has 160 valence electrons. The molecule has 1 atom stereocenters. The van der Waals surface area contributed by atoms with Crippen LogP contribution in [-0.2, 0) is 9.53 Å². The maximum atomic E-state index is 11.7. The zero-order valence-electron chi connectivity index (χ0n) is 18.6. The minimum absolute atomic E-state index is 0.375. The summed E-state index contributed by atoms with van der Waals surface area (Å²) < 4.78 is 5.41. The molecule has 2 N–H and O–H groups in total. The van der Waals surface area contributed by atoms with E-state index >= 15 is 0 Å². The lowest BCUT2D eigenvalue weighted by molar-refractivity contribution is -0.155. The standard InChI is InChI=1S/C24H47NO2/c1-5-7-8-9-10-11-12-13-14-15-16-17-18-19-20-21-24(25,6-2)27-23(26)22(3)4/h3,5-21,25H2,1-2,4H3. The minimum Gasteiger partial charge on any atom is -0.441 e. The lowest BCUT2D eigenvalue weighted by Gasteiger charge is -2.28. The van der Waals surface area contributed by atoms with Crippen molar-refractivity contribution in [2.75, 3.05) is 0 Å². The largest absolute Gasteiger partial charge is 0.441 e. The van der Waals surface area contributed by atoms with E-state index in [0.29, 0.717) is 12.0 Å². The van der Waals surface area contributed by atoms with E-state index in [1.165, 1.54) is 89.9 Å². The Kier molecular flexibility index (Phi) is 16.7. The van der Waals surface area contributed by atoms with Gasteiger partial charge in [-0.05, 0) is 19.8 Å². The average Bonchev–Trinajstić information content (AvgIpc) is 2.64. The van der Waals surface area contributed by atoms with Gasteiger partial charge in [-0.2, -0.15) is 0 Å². The minimum atomic E-state index is -0.827. The Morgan fingerprint density at radius 1 is 0.778 bits per heavy atom. The highest BCUT2D eigenvalue weighted by molar-refractivity contribution is 5.87. The molecule has 0 bridgehead atoms. The van der Waals surface area contributed by atoms with Crippen LogP contribution in [-0.4, -0.2) is 11.7 Å². The molecule has 0 radical (unpaired) electrons. The Labute approximate surface area is 169 Å². The summed E-state index contributed by atoms with van der Waals surface area (Å²) in [6.45, 7) is 9.52. The van der Waals surface area contributed by atoms with Gasteiger partial charge in [0.1, 0.15) is 0 Å². The van der Waals surface area contributed by atoms with E-state index < -0.39 is 5.72 Å². The van der Waals surface area contributed by atoms with Crippen LogP contribution < -0.4 is 5.73 Å². The first-order valence-corrected chi connectivity index (χ1v) is 11.6. The molecule has 0 spiro atoms. The Hall–Kier alpha value is -0.830. The van der Waals surface area contributed by atoms with Crippen molar-refractivity contribution in [2.45, 2.75) is 136 Å². The van der Waals surface area contributed by atoms with Gasteiger partial charge in [0.2, 0.25) is 0 Å². The van der Waals surface area contributed by atoms with Crippen LogP contribution in [0.3, 0.4) is 0 Å². The molecule has 1 unspecified atom stereocenters. The SMILES string of the molecule is C=C(C)C(=O)OC(N)(CC)CCCCCCCCCCCCCCCCC. The number of nitrogens with two attached hydrogens (primary N) is 1. The smallest absolute Gasteiger partial charge is 0.334 e. The summed E-state index contributed by atoms with van der Waals surface area (Å²) >= 11 is 0. The molecule has 0 saturated heterocycles. The lowest BCUT2D eigenvalue weighted by atomic mass is 10.0. The third kappa shape index (κ3) is 15.9. The van der Waals surface area contributed by atoms with Crippen molar-refractivity contribution in [1.29, 1.82) is 0 Å². The average molecular weight is 382 g/mol. The summed E-state index contributed by atoms with van der Waals surface area (Å²) in [6.07, 6.45) is 21.6. The zero-order chi connectivity index (χ0) is 20.4. The van der Waals surface area contributed by atoms with Crippen molar-refractivity contribution in [3.63, 3.8) is 0 Å². The van der Waals surface area contributed by atoms with Crippen LogP contribution in [0.1, 0.15) is 130 Å². The molecule has 0 aromatic carbocycles. The number of rotatable bonds is 19. The predicted molar refractivity (Wildman–Crippen MR) is 118 cm³/mol. The van der Waals surface area contributed by atoms with Gasteiger partial charge in [0, 0.05) is 12.0 Å². The van der Waals surface area contributed by atoms with Crippen LogP contribution >= 0.6 is 0 Å². The van der Waals surface area contributed by atoms with Crippen molar-refractivity contribution >= 4 is 5.97 Å². The van der Waals surface area contributed by atoms with Crippen molar-refractivity contribution in [2.24, 2.45) is 5.73 Å². The molecule has 0 fully saturated rings. The number of unbranched alkanes of at least 4 members (excludes halogenated alkanes) is 14. The second-order valence-electron chi connectivity index (χ2n) is 8.29. The Balaban J connectivity index is 3.46. The van der Waals surface area contributed by atoms with Gasteiger partial charge in [-0.25, -0.2) is 4.79 Å². The van der Waals surface area contributed by atoms with Gasteiger partial charge >= 0.3 is 5.97 Å². The van der Waals surface area contributed by atoms with E-state index in [1.54, 1.807) is 6.92 Å². The molecule has 0 aromatic heterocycles. The number of hydrogen-bond acceptors (Lipinski definition) is 3. The molecule has 3 nitrogen and oxygen atoms in total. The van der Waals surface area contributed by atoms with E-state index in [-0.39, 0.29) is 5.97 Å². The van der Waals surface area contributed by atoms with E-state index in [0.717, 1.165) is 12.8 Å². The first kappa shape index (κ1) is 26.2. The highest BCUT2D eigenvalue weighted by Crippen LogP contribution is 2.20. The summed E-state index contributed by atoms with van der Waals surface area (Å²) in [5, 5.41) is 0. The lowest BCUT2D eigenvalue weighted by Crippen LogP contribution is -2.44. The second-order valence-corrected chi connectivity index (χ2v) is 8.29. The Morgan fingerprint density at radius 3 is 1.48 bits per heavy atom. The van der Waals surface area contributed by atoms with Crippen molar-refractivity contribution in [3.8, 4) is 0 Å². The molecule has 27 heavy (non-hydrogen) atoms. The fourth-order valence-electron chi connectivity index (χ4n) is 3.37. The van der Waals surface area contributed by atoms with Crippen LogP contribution in [0, 0.1) is 0 Å². The van der Waals surface area contributed by atoms with Crippen LogP contribution in [0.15, 0.2) is 12.2 Å². The van der Waals surface area contributed by atoms with Gasteiger partial charge in [0.05, 0.1) is 0 Å². The van der Waals surface area contributed by atoms with Crippen LogP contribution in [0.5, 0.6) is 0 Å². The fraction of sp³-hybridized carbons (Fsp3) is 0.875. The number of ether oxygens (including phenoxy) is 1. The first-order chi connectivity index (χ1) is 12.9. The number of carbonyl (C=O) groups excluding carboxylic acids is 1. The zero-order valence-corrected chi connectivity index (χ0v) is 18.6. The van der Waals surface area contributed by atoms with Crippen molar-refractivity contribution < 1.29 is 9.53 Å². The number of hydrogen-bond donors (Lipinski definition) is 1. The summed E-state index contributed by atoms with van der Waals surface area (Å²) in [5.41, 5.74) is 5.79. The summed E-state index contributed by atoms with van der Waals surface area (Å²) in [7, 11) is 0. The molecule has 0 aliphatic rings. The summed E-state index contributed by atoms with van der Waals surface area (Å²) in [4.78, 5) is 11.7. The molecule has 0 aromatic rings. The van der Waals surface area contributed by atoms with Crippen molar-refractivity contribution in [1.82, 2.24) is 0 Å². The summed E-state index contributed by atoms with van der Waals surface area (Å²) in [6, 6.07) is 0. The topological polar surface area (TPSA) is 52.3 Å². The molecule has 0 aliphatic carbocycles. The Bertz CT molecular complexity index is 381. The van der Waals surface area contributed by atoms with Gasteiger partial charge in [-0.3, -0.25) is 5.73 Å². The first-order valence-electron chi connectivity index (χ1n) is 11.6. The van der Waals surface area contributed by atoms with Crippen LogP contribution in [0.25, 0.3) is 0 Å². The number of carbonyl (C=O) groups is 1. The highest BCUT2D eigenvalue weighted by atomic mass is 16.6. The predicted octanol–water partition coefficient (Wildman–Crippen LogP) is 7.43. The third-order valence-electron chi connectivity index (χ3n) is 5.45. The molecule has 0 amide bonds. The van der Waals surface area contributed by atoms with Gasteiger partial charge in [-0.15, -0.1) is 0 Å². The highest BCUT2D eigenvalue weighted by Gasteiger charge is 2.27. The van der Waals surface area contributed by atoms with E-state index in [9.17, 15) is 4.79 Å². The van der Waals surface area contributed by atoms with Crippen LogP contribution in [0.4, 0.5) is 0 Å². The van der Waals surface area contributed by atoms with E-state index in [4.69, 9.17) is 10.5 Å². The summed E-state index contributed by atoms with van der Waals surface area (Å²) in [5.74, 6) is -0.375. The fourth-order valence-corrected chi connectivity index (χ4v) is 3.37. The van der Waals surface area contributed by atoms with Gasteiger partial charge in [0.25, 0.3) is 0 Å². The number of esters is 1. The second kappa shape index (κ2) is 17.3. The maximum absolute atomic E-state index is 11.7. The molecule has 0 aliphatic heterocycles. The third-order valence-corrected chi connectivity index (χ3v) is 5.45. The molecule has 3 heteroatoms. The molecular formula is C24H47NO2. The molecule has 0 heterocycles. The van der Waals surface area contributed by atoms with E-state index in [1.807, 2.05) is 6.92 Å². The maximum Gasteiger partial charge on any atom is 0.334 e. The quantitative estimate of drug-likeness (QED) is 0.109. The molecular weight excluding hydrogens is 334 g/mol. The van der Waals surface area contributed by atoms with Gasteiger partial charge < -0.3 is 4.74 Å². The monoisotopic (exact) mass is 381 g/mol. The Morgan fingerprint density at radius 2 is 1.15 bits per heavy atom. The normalized spacial score (nSPS) is 13.3. The molecule has 0 rings (SSSR count). The van der Waals surface area contributed by atoms with Crippen molar-refractivity contribution in [3.05, 3.63) is 12.2 Å². The van der Waals surface area contributed by atoms with E-state index in [2.05, 4.69) is 13.5 Å². The molecule has 0 saturated carbocycles. The van der Waals surface area contributed by atoms with Gasteiger partial charge in [0.15, 0.2) is 5.72 Å². The van der Waals surface area contributed by atoms with Crippen LogP contribution in [0.2, 0.25) is 0 Å².